The Morgan fingerprint density at radius 2 is 2.12 bits per heavy atom. The van der Waals surface area contributed by atoms with Gasteiger partial charge in [0, 0.05) is 30.0 Å². The number of hydrogen-bond acceptors (Lipinski definition) is 7. The van der Waals surface area contributed by atoms with E-state index < -0.39 is 9.84 Å². The Hall–Kier alpha value is -3.22. The molecule has 0 unspecified atom stereocenters. The van der Waals surface area contributed by atoms with Gasteiger partial charge in [0.1, 0.15) is 15.6 Å². The summed E-state index contributed by atoms with van der Waals surface area (Å²) >= 11 is 0. The van der Waals surface area contributed by atoms with Gasteiger partial charge in [0.25, 0.3) is 5.89 Å². The Balaban J connectivity index is 1.57. The van der Waals surface area contributed by atoms with Crippen LogP contribution < -0.4 is 10.1 Å². The Morgan fingerprint density at radius 1 is 1.30 bits per heavy atom. The zero-order valence-electron chi connectivity index (χ0n) is 18.8. The van der Waals surface area contributed by atoms with Crippen molar-refractivity contribution < 1.29 is 17.7 Å². The molecule has 0 saturated carbocycles. The van der Waals surface area contributed by atoms with E-state index in [1.807, 2.05) is 26.0 Å². The third kappa shape index (κ3) is 5.24. The fourth-order valence-electron chi connectivity index (χ4n) is 4.04. The van der Waals surface area contributed by atoms with Gasteiger partial charge in [0.2, 0.25) is 11.5 Å². The van der Waals surface area contributed by atoms with Crippen molar-refractivity contribution in [3.63, 3.8) is 0 Å². The van der Waals surface area contributed by atoms with Crippen LogP contribution >= 0.6 is 0 Å². The van der Waals surface area contributed by atoms with E-state index in [4.69, 9.17) is 15.8 Å². The van der Waals surface area contributed by atoms with E-state index >= 15 is 0 Å². The molecular formula is C24H26N4O4S. The minimum absolute atomic E-state index is 0.0313. The molecule has 0 amide bonds. The smallest absolute Gasteiger partial charge is 0.256 e. The summed E-state index contributed by atoms with van der Waals surface area (Å²) in [4.78, 5) is 8.15. The van der Waals surface area contributed by atoms with E-state index in [0.717, 1.165) is 29.5 Å². The Labute approximate surface area is 193 Å². The van der Waals surface area contributed by atoms with E-state index in [0.29, 0.717) is 35.3 Å². The maximum Gasteiger partial charge on any atom is 0.256 e. The molecule has 9 heteroatoms. The summed E-state index contributed by atoms with van der Waals surface area (Å²) in [7, 11) is -3.00. The maximum atomic E-state index is 11.4. The van der Waals surface area contributed by atoms with Crippen molar-refractivity contribution in [2.45, 2.75) is 38.8 Å². The summed E-state index contributed by atoms with van der Waals surface area (Å²) in [6, 6.07) is 11.3. The fourth-order valence-corrected chi connectivity index (χ4v) is 4.52. The topological polar surface area (TPSA) is 98.7 Å². The molecule has 1 heterocycles. The monoisotopic (exact) mass is 466 g/mol. The molecule has 1 atom stereocenters. The van der Waals surface area contributed by atoms with Crippen LogP contribution in [0.4, 0.5) is 5.69 Å². The van der Waals surface area contributed by atoms with E-state index in [-0.39, 0.29) is 17.9 Å². The number of nitrogens with one attached hydrogen (secondary N) is 1. The third-order valence-corrected chi connectivity index (χ3v) is 6.44. The van der Waals surface area contributed by atoms with Crippen LogP contribution in [0.3, 0.4) is 0 Å². The summed E-state index contributed by atoms with van der Waals surface area (Å²) < 4.78 is 34.1. The van der Waals surface area contributed by atoms with Crippen molar-refractivity contribution >= 4 is 15.5 Å². The molecular weight excluding hydrogens is 440 g/mol. The first kappa shape index (κ1) is 23.0. The van der Waals surface area contributed by atoms with Crippen molar-refractivity contribution in [3.8, 4) is 28.6 Å². The molecule has 0 radical (unpaired) electrons. The van der Waals surface area contributed by atoms with Crippen LogP contribution in [0, 0.1) is 6.57 Å². The first-order valence-electron chi connectivity index (χ1n) is 10.8. The normalized spacial score (nSPS) is 15.4. The number of sulfone groups is 1. The van der Waals surface area contributed by atoms with Crippen molar-refractivity contribution in [2.75, 3.05) is 18.6 Å². The maximum absolute atomic E-state index is 11.4. The summed E-state index contributed by atoms with van der Waals surface area (Å²) in [5.41, 5.74) is 4.23. The molecule has 172 valence electrons. The molecule has 0 saturated heterocycles. The highest BCUT2D eigenvalue weighted by molar-refractivity contribution is 7.90. The molecule has 4 rings (SSSR count). The summed E-state index contributed by atoms with van der Waals surface area (Å²) in [6.45, 7) is 11.7. The molecule has 0 spiro atoms. The molecule has 0 aliphatic heterocycles. The van der Waals surface area contributed by atoms with Gasteiger partial charge in [-0.05, 0) is 56.0 Å². The lowest BCUT2D eigenvalue weighted by Crippen LogP contribution is -2.25. The predicted octanol–water partition coefficient (Wildman–Crippen LogP) is 4.36. The molecule has 1 aliphatic rings. The molecule has 33 heavy (non-hydrogen) atoms. The summed E-state index contributed by atoms with van der Waals surface area (Å²) in [5, 5.41) is 7.54. The first-order valence-corrected chi connectivity index (χ1v) is 12.9. The zero-order chi connectivity index (χ0) is 23.6. The number of hydrogen-bond donors (Lipinski definition) is 1. The van der Waals surface area contributed by atoms with Crippen LogP contribution in [-0.4, -0.2) is 43.2 Å². The van der Waals surface area contributed by atoms with Crippen molar-refractivity contribution in [3.05, 3.63) is 58.9 Å². The van der Waals surface area contributed by atoms with Gasteiger partial charge in [-0.25, -0.2) is 13.3 Å². The molecule has 1 N–H and O–H groups in total. The quantitative estimate of drug-likeness (QED) is 0.492. The molecule has 8 nitrogen and oxygen atoms in total. The lowest BCUT2D eigenvalue weighted by atomic mass is 10.0. The SMILES string of the molecule is [C-]#[N+]c1cc(-c2nc(-c3cccc4c3CC[C@H]4NCCS(C)(=O)=O)no2)ccc1OC(C)C. The van der Waals surface area contributed by atoms with Gasteiger partial charge in [-0.2, -0.15) is 4.98 Å². The molecule has 1 aliphatic carbocycles. The summed E-state index contributed by atoms with van der Waals surface area (Å²) in [5.74, 6) is 1.47. The standard InChI is InChI=1S/C24H26N4O4S/c1-15(2)31-22-11-8-16(14-21(22)25-3)24-27-23(28-32-24)19-7-5-6-18-17(19)9-10-20(18)26-12-13-33(4,29)30/h5-8,11,14-15,20,26H,9-10,12-13H2,1-2,4H3/t20-/m1/s1. The molecule has 0 bridgehead atoms. The number of nitrogens with zero attached hydrogens (tertiary/aromatic N) is 3. The predicted molar refractivity (Wildman–Crippen MR) is 126 cm³/mol. The minimum Gasteiger partial charge on any atom is -0.502 e. The van der Waals surface area contributed by atoms with Crippen LogP contribution in [0.2, 0.25) is 0 Å². The highest BCUT2D eigenvalue weighted by Gasteiger charge is 2.26. The average molecular weight is 467 g/mol. The number of fused-ring (bicyclic) bond motifs is 1. The van der Waals surface area contributed by atoms with Gasteiger partial charge in [-0.15, -0.1) is 0 Å². The number of ether oxygens (including phenoxy) is 1. The lowest BCUT2D eigenvalue weighted by molar-refractivity contribution is 0.244. The Kier molecular flexibility index (Phi) is 6.49. The van der Waals surface area contributed by atoms with Gasteiger partial charge in [-0.3, -0.25) is 0 Å². The second-order valence-electron chi connectivity index (χ2n) is 8.43. The summed E-state index contributed by atoms with van der Waals surface area (Å²) in [6.07, 6.45) is 2.94. The average Bonchev–Trinajstić information content (AvgIpc) is 3.40. The molecule has 2 aromatic carbocycles. The minimum atomic E-state index is -3.00. The zero-order valence-corrected chi connectivity index (χ0v) is 19.6. The molecule has 1 aromatic heterocycles. The Bertz CT molecular complexity index is 1310. The largest absolute Gasteiger partial charge is 0.502 e. The van der Waals surface area contributed by atoms with Crippen molar-refractivity contribution in [1.82, 2.24) is 15.5 Å². The van der Waals surface area contributed by atoms with E-state index in [9.17, 15) is 8.42 Å². The van der Waals surface area contributed by atoms with Gasteiger partial charge in [-0.1, -0.05) is 23.4 Å². The van der Waals surface area contributed by atoms with Crippen LogP contribution in [0.1, 0.15) is 37.4 Å². The number of aromatic nitrogens is 2. The Morgan fingerprint density at radius 3 is 2.85 bits per heavy atom. The van der Waals surface area contributed by atoms with Crippen molar-refractivity contribution in [1.29, 1.82) is 0 Å². The third-order valence-electron chi connectivity index (χ3n) is 5.49. The van der Waals surface area contributed by atoms with Gasteiger partial charge in [0.15, 0.2) is 0 Å². The first-order chi connectivity index (χ1) is 15.7. The number of benzene rings is 2. The highest BCUT2D eigenvalue weighted by atomic mass is 32.2. The van der Waals surface area contributed by atoms with Crippen LogP contribution in [0.15, 0.2) is 40.9 Å². The van der Waals surface area contributed by atoms with E-state index in [2.05, 4.69) is 26.4 Å². The highest BCUT2D eigenvalue weighted by Crippen LogP contribution is 2.38. The second-order valence-corrected chi connectivity index (χ2v) is 10.7. The van der Waals surface area contributed by atoms with E-state index in [1.54, 1.807) is 18.2 Å². The van der Waals surface area contributed by atoms with E-state index in [1.165, 1.54) is 6.26 Å². The van der Waals surface area contributed by atoms with Crippen LogP contribution in [0.25, 0.3) is 27.7 Å². The molecule has 0 fully saturated rings. The van der Waals surface area contributed by atoms with Crippen LogP contribution in [-0.2, 0) is 16.3 Å². The van der Waals surface area contributed by atoms with Gasteiger partial charge >= 0.3 is 0 Å². The van der Waals surface area contributed by atoms with Gasteiger partial charge in [0.05, 0.1) is 18.4 Å². The number of rotatable bonds is 8. The second kappa shape index (κ2) is 9.33. The lowest BCUT2D eigenvalue weighted by Gasteiger charge is -2.14. The fraction of sp³-hybridized carbons (Fsp3) is 0.375. The van der Waals surface area contributed by atoms with Crippen molar-refractivity contribution in [2.24, 2.45) is 0 Å². The molecule has 3 aromatic rings. The van der Waals surface area contributed by atoms with Gasteiger partial charge < -0.3 is 14.6 Å². The van der Waals surface area contributed by atoms with Crippen LogP contribution in [0.5, 0.6) is 5.75 Å².